The van der Waals surface area contributed by atoms with Crippen molar-refractivity contribution in [2.24, 2.45) is 0 Å². The number of nitrogens with one attached hydrogen (secondary N) is 1. The predicted octanol–water partition coefficient (Wildman–Crippen LogP) is 1.71. The summed E-state index contributed by atoms with van der Waals surface area (Å²) in [5.41, 5.74) is 2.52. The molecule has 8 nitrogen and oxygen atoms in total. The molecule has 2 aromatic rings. The number of rotatable bonds is 3. The second kappa shape index (κ2) is 5.63. The average molecular weight is 327 g/mol. The first-order valence-corrected chi connectivity index (χ1v) is 7.76. The molecule has 1 aliphatic carbocycles. The van der Waals surface area contributed by atoms with Crippen LogP contribution < -0.4 is 14.8 Å². The number of hydrogen-bond donors (Lipinski definition) is 1. The Kier molecular flexibility index (Phi) is 3.44. The van der Waals surface area contributed by atoms with E-state index >= 15 is 0 Å². The maximum Gasteiger partial charge on any atom is 0.248 e. The highest BCUT2D eigenvalue weighted by molar-refractivity contribution is 5.99. The number of Topliss-reactive ketones (excluding diaryl/α,β-unsaturated/α-hetero) is 1. The molecule has 1 N–H and O–H groups in total. The van der Waals surface area contributed by atoms with Crippen molar-refractivity contribution >= 4 is 11.7 Å². The van der Waals surface area contributed by atoms with Gasteiger partial charge in [-0.1, -0.05) is 11.2 Å². The van der Waals surface area contributed by atoms with Crippen molar-refractivity contribution in [3.05, 3.63) is 35.0 Å². The van der Waals surface area contributed by atoms with E-state index in [0.29, 0.717) is 23.9 Å². The van der Waals surface area contributed by atoms with Gasteiger partial charge in [0.25, 0.3) is 0 Å². The highest BCUT2D eigenvalue weighted by Crippen LogP contribution is 2.41. The molecule has 2 aliphatic rings. The van der Waals surface area contributed by atoms with Crippen molar-refractivity contribution in [3.63, 3.8) is 0 Å². The fourth-order valence-electron chi connectivity index (χ4n) is 3.35. The highest BCUT2D eigenvalue weighted by Gasteiger charge is 2.36. The van der Waals surface area contributed by atoms with Crippen LogP contribution in [0.1, 0.15) is 30.9 Å². The Morgan fingerprint density at radius 3 is 2.83 bits per heavy atom. The third kappa shape index (κ3) is 2.14. The molecule has 24 heavy (non-hydrogen) atoms. The molecule has 8 heteroatoms. The van der Waals surface area contributed by atoms with Crippen molar-refractivity contribution in [1.29, 1.82) is 0 Å². The maximum absolute atomic E-state index is 12.6. The number of aromatic nitrogens is 4. The monoisotopic (exact) mass is 327 g/mol. The molecule has 124 valence electrons. The standard InChI is InChI=1S/C16H17N5O3/c1-23-12-7-6-9(8-13(12)24-2)15-14-10(4-3-5-11(14)22)17-16-18-19-20-21(15)16/h6-8,15H,3-5H2,1-2H3,(H,17,18,20). The molecule has 0 fully saturated rings. The average Bonchev–Trinajstić information content (AvgIpc) is 3.07. The first-order chi connectivity index (χ1) is 11.7. The summed E-state index contributed by atoms with van der Waals surface area (Å²) in [7, 11) is 3.18. The molecular formula is C16H17N5O3. The van der Waals surface area contributed by atoms with E-state index in [4.69, 9.17) is 9.47 Å². The van der Waals surface area contributed by atoms with Gasteiger partial charge in [0.05, 0.1) is 14.2 Å². The van der Waals surface area contributed by atoms with Gasteiger partial charge in [-0.2, -0.15) is 4.68 Å². The lowest BCUT2D eigenvalue weighted by Crippen LogP contribution is -2.31. The Hall–Kier alpha value is -2.90. The molecule has 1 atom stereocenters. The zero-order valence-electron chi connectivity index (χ0n) is 13.4. The summed E-state index contributed by atoms with van der Waals surface area (Å²) in [6, 6.07) is 5.24. The van der Waals surface area contributed by atoms with Crippen LogP contribution in [0.2, 0.25) is 0 Å². The van der Waals surface area contributed by atoms with Crippen molar-refractivity contribution in [1.82, 2.24) is 20.2 Å². The zero-order valence-corrected chi connectivity index (χ0v) is 13.4. The Balaban J connectivity index is 1.89. The van der Waals surface area contributed by atoms with Gasteiger partial charge in [-0.15, -0.1) is 0 Å². The van der Waals surface area contributed by atoms with Gasteiger partial charge in [-0.25, -0.2) is 0 Å². The molecule has 0 amide bonds. The molecule has 0 radical (unpaired) electrons. The molecular weight excluding hydrogens is 310 g/mol. The quantitative estimate of drug-likeness (QED) is 0.917. The van der Waals surface area contributed by atoms with Crippen LogP contribution in [-0.2, 0) is 4.79 Å². The number of methoxy groups -OCH3 is 2. The third-order valence-corrected chi connectivity index (χ3v) is 4.45. The van der Waals surface area contributed by atoms with Crippen molar-refractivity contribution in [3.8, 4) is 11.5 Å². The van der Waals surface area contributed by atoms with Gasteiger partial charge in [-0.3, -0.25) is 4.79 Å². The first kappa shape index (κ1) is 14.7. The number of hydrogen-bond acceptors (Lipinski definition) is 7. The van der Waals surface area contributed by atoms with Crippen LogP contribution in [0.3, 0.4) is 0 Å². The van der Waals surface area contributed by atoms with E-state index in [1.165, 1.54) is 0 Å². The summed E-state index contributed by atoms with van der Waals surface area (Å²) in [6.07, 6.45) is 2.20. The van der Waals surface area contributed by atoms with Crippen molar-refractivity contribution in [2.75, 3.05) is 19.5 Å². The summed E-state index contributed by atoms with van der Waals surface area (Å²) in [5.74, 6) is 1.91. The van der Waals surface area contributed by atoms with Crippen molar-refractivity contribution < 1.29 is 14.3 Å². The minimum absolute atomic E-state index is 0.129. The molecule has 0 saturated carbocycles. The second-order valence-corrected chi connectivity index (χ2v) is 5.76. The molecule has 1 aliphatic heterocycles. The fourth-order valence-corrected chi connectivity index (χ4v) is 3.35. The zero-order chi connectivity index (χ0) is 16.7. The number of carbonyl (C=O) groups excluding carboxylic acids is 1. The topological polar surface area (TPSA) is 91.2 Å². The number of anilines is 1. The number of ketones is 1. The van der Waals surface area contributed by atoms with Crippen molar-refractivity contribution in [2.45, 2.75) is 25.3 Å². The lowest BCUT2D eigenvalue weighted by atomic mass is 9.85. The number of fused-ring (bicyclic) bond motifs is 1. The Morgan fingerprint density at radius 2 is 2.04 bits per heavy atom. The van der Waals surface area contributed by atoms with Gasteiger partial charge in [0, 0.05) is 17.7 Å². The number of carbonyl (C=O) groups is 1. The number of benzene rings is 1. The van der Waals surface area contributed by atoms with Crippen LogP contribution in [0.5, 0.6) is 11.5 Å². The molecule has 0 saturated heterocycles. The molecule has 1 aromatic carbocycles. The summed E-state index contributed by atoms with van der Waals surface area (Å²) in [5, 5.41) is 15.0. The van der Waals surface area contributed by atoms with Crippen LogP contribution in [0.15, 0.2) is 29.5 Å². The summed E-state index contributed by atoms with van der Waals surface area (Å²) >= 11 is 0. The van der Waals surface area contributed by atoms with Gasteiger partial charge in [0.15, 0.2) is 17.3 Å². The van der Waals surface area contributed by atoms with E-state index in [0.717, 1.165) is 29.7 Å². The van der Waals surface area contributed by atoms with E-state index in [1.54, 1.807) is 18.9 Å². The highest BCUT2D eigenvalue weighted by atomic mass is 16.5. The molecule has 1 unspecified atom stereocenters. The lowest BCUT2D eigenvalue weighted by Gasteiger charge is -2.31. The van der Waals surface area contributed by atoms with Gasteiger partial charge in [0.1, 0.15) is 6.04 Å². The number of nitrogens with zero attached hydrogens (tertiary/aromatic N) is 4. The SMILES string of the molecule is COc1ccc(C2C3=C(CCCC3=O)Nc3nnnn32)cc1OC. The summed E-state index contributed by atoms with van der Waals surface area (Å²) in [4.78, 5) is 12.6. The van der Waals surface area contributed by atoms with E-state index < -0.39 is 0 Å². The van der Waals surface area contributed by atoms with E-state index in [9.17, 15) is 4.79 Å². The van der Waals surface area contributed by atoms with Gasteiger partial charge in [0.2, 0.25) is 5.95 Å². The Bertz CT molecular complexity index is 842. The molecule has 1 aromatic heterocycles. The van der Waals surface area contributed by atoms with Crippen LogP contribution in [0, 0.1) is 0 Å². The number of ether oxygens (including phenoxy) is 2. The third-order valence-electron chi connectivity index (χ3n) is 4.45. The molecule has 4 rings (SSSR count). The molecule has 2 heterocycles. The minimum atomic E-state index is -0.362. The maximum atomic E-state index is 12.6. The van der Waals surface area contributed by atoms with Gasteiger partial charge < -0.3 is 14.8 Å². The minimum Gasteiger partial charge on any atom is -0.493 e. The van der Waals surface area contributed by atoms with Gasteiger partial charge in [-0.05, 0) is 41.0 Å². The second-order valence-electron chi connectivity index (χ2n) is 5.76. The van der Waals surface area contributed by atoms with E-state index in [1.807, 2.05) is 18.2 Å². The fraction of sp³-hybridized carbons (Fsp3) is 0.375. The first-order valence-electron chi connectivity index (χ1n) is 7.76. The molecule has 0 spiro atoms. The van der Waals surface area contributed by atoms with Crippen LogP contribution >= 0.6 is 0 Å². The summed E-state index contributed by atoms with van der Waals surface area (Å²) in [6.45, 7) is 0. The largest absolute Gasteiger partial charge is 0.493 e. The number of tetrazole rings is 1. The molecule has 0 bridgehead atoms. The van der Waals surface area contributed by atoms with Crippen LogP contribution in [-0.4, -0.2) is 40.2 Å². The predicted molar refractivity (Wildman–Crippen MR) is 85.0 cm³/mol. The lowest BCUT2D eigenvalue weighted by molar-refractivity contribution is -0.116. The number of allylic oxidation sites excluding steroid dienone is 2. The van der Waals surface area contributed by atoms with Crippen LogP contribution in [0.4, 0.5) is 5.95 Å². The van der Waals surface area contributed by atoms with E-state index in [2.05, 4.69) is 20.8 Å². The smallest absolute Gasteiger partial charge is 0.248 e. The Morgan fingerprint density at radius 1 is 1.21 bits per heavy atom. The van der Waals surface area contributed by atoms with Gasteiger partial charge >= 0.3 is 0 Å². The Labute approximate surface area is 138 Å². The summed E-state index contributed by atoms with van der Waals surface area (Å²) < 4.78 is 12.3. The normalized spacial score (nSPS) is 19.4. The van der Waals surface area contributed by atoms with Crippen LogP contribution in [0.25, 0.3) is 0 Å². The van der Waals surface area contributed by atoms with E-state index in [-0.39, 0.29) is 11.8 Å².